The Hall–Kier alpha value is -0.910. The van der Waals surface area contributed by atoms with Crippen molar-refractivity contribution in [1.29, 1.82) is 0 Å². The smallest absolute Gasteiger partial charge is 0.216 e. The minimum Gasteiger partial charge on any atom is -0.293 e. The minimum atomic E-state index is -3.80. The molecule has 0 atom stereocenters. The molecule has 0 unspecified atom stereocenters. The Bertz CT molecular complexity index is 455. The predicted molar refractivity (Wildman–Crippen MR) is 53.8 cm³/mol. The summed E-state index contributed by atoms with van der Waals surface area (Å²) in [6, 6.07) is 6.21. The molecule has 0 radical (unpaired) electrons. The summed E-state index contributed by atoms with van der Waals surface area (Å²) >= 11 is 5.69. The molecule has 76 valence electrons. The second-order valence-electron chi connectivity index (χ2n) is 2.71. The normalized spacial score (nSPS) is 11.3. The van der Waals surface area contributed by atoms with Gasteiger partial charge >= 0.3 is 0 Å². The molecule has 0 spiro atoms. The van der Waals surface area contributed by atoms with Gasteiger partial charge in [0.15, 0.2) is 5.78 Å². The maximum atomic E-state index is 11.3. The molecule has 1 aromatic carbocycles. The van der Waals surface area contributed by atoms with Crippen LogP contribution in [0.1, 0.15) is 10.4 Å². The Labute approximate surface area is 86.7 Å². The first-order chi connectivity index (χ1) is 6.40. The molecule has 14 heavy (non-hydrogen) atoms. The van der Waals surface area contributed by atoms with Gasteiger partial charge in [-0.25, -0.2) is 13.6 Å². The van der Waals surface area contributed by atoms with Gasteiger partial charge in [0.2, 0.25) is 10.0 Å². The molecule has 0 bridgehead atoms. The summed E-state index contributed by atoms with van der Waals surface area (Å²) in [6.45, 7) is 0. The third-order valence-corrected chi connectivity index (χ3v) is 2.50. The van der Waals surface area contributed by atoms with Gasteiger partial charge in [-0.3, -0.25) is 4.79 Å². The number of sulfonamides is 1. The van der Waals surface area contributed by atoms with Crippen molar-refractivity contribution in [2.75, 3.05) is 5.75 Å². The van der Waals surface area contributed by atoms with Gasteiger partial charge in [-0.05, 0) is 12.1 Å². The maximum absolute atomic E-state index is 11.3. The lowest BCUT2D eigenvalue weighted by Gasteiger charge is -2.01. The van der Waals surface area contributed by atoms with E-state index in [0.717, 1.165) is 0 Å². The number of hydrogen-bond acceptors (Lipinski definition) is 3. The van der Waals surface area contributed by atoms with Crippen LogP contribution in [0.15, 0.2) is 24.3 Å². The van der Waals surface area contributed by atoms with Crippen LogP contribution in [0.25, 0.3) is 0 Å². The van der Waals surface area contributed by atoms with E-state index in [9.17, 15) is 13.2 Å². The van der Waals surface area contributed by atoms with Gasteiger partial charge in [0.05, 0.1) is 5.02 Å². The van der Waals surface area contributed by atoms with Crippen molar-refractivity contribution in [2.45, 2.75) is 0 Å². The largest absolute Gasteiger partial charge is 0.293 e. The maximum Gasteiger partial charge on any atom is 0.216 e. The zero-order valence-electron chi connectivity index (χ0n) is 7.10. The van der Waals surface area contributed by atoms with E-state index in [-0.39, 0.29) is 10.6 Å². The first-order valence-corrected chi connectivity index (χ1v) is 5.78. The molecule has 0 saturated carbocycles. The summed E-state index contributed by atoms with van der Waals surface area (Å²) in [7, 11) is -3.80. The zero-order valence-corrected chi connectivity index (χ0v) is 8.68. The van der Waals surface area contributed by atoms with Crippen LogP contribution in [0.5, 0.6) is 0 Å². The van der Waals surface area contributed by atoms with Crippen molar-refractivity contribution in [2.24, 2.45) is 5.14 Å². The van der Waals surface area contributed by atoms with Gasteiger partial charge in [0, 0.05) is 5.56 Å². The Balaban J connectivity index is 2.97. The molecule has 0 aliphatic rings. The highest BCUT2D eigenvalue weighted by Crippen LogP contribution is 2.15. The van der Waals surface area contributed by atoms with E-state index < -0.39 is 21.6 Å². The SMILES string of the molecule is NS(=O)(=O)CC(=O)c1ccccc1Cl. The van der Waals surface area contributed by atoms with Gasteiger partial charge in [-0.2, -0.15) is 0 Å². The van der Waals surface area contributed by atoms with Crippen molar-refractivity contribution in [3.63, 3.8) is 0 Å². The van der Waals surface area contributed by atoms with Gasteiger partial charge in [-0.1, -0.05) is 23.7 Å². The fraction of sp³-hybridized carbons (Fsp3) is 0.125. The number of carbonyl (C=O) groups excluding carboxylic acids is 1. The Morgan fingerprint density at radius 2 is 1.93 bits per heavy atom. The molecule has 4 nitrogen and oxygen atoms in total. The third-order valence-electron chi connectivity index (χ3n) is 1.51. The van der Waals surface area contributed by atoms with Crippen molar-refractivity contribution in [1.82, 2.24) is 0 Å². The molecule has 6 heteroatoms. The fourth-order valence-electron chi connectivity index (χ4n) is 0.948. The molecule has 2 N–H and O–H groups in total. The number of ketones is 1. The zero-order chi connectivity index (χ0) is 10.8. The van der Waals surface area contributed by atoms with Gasteiger partial charge in [0.25, 0.3) is 0 Å². The molecule has 0 aliphatic heterocycles. The second-order valence-corrected chi connectivity index (χ2v) is 4.73. The molecule has 1 aromatic rings. The Morgan fingerprint density at radius 1 is 1.36 bits per heavy atom. The number of nitrogens with two attached hydrogens (primary N) is 1. The van der Waals surface area contributed by atoms with Crippen LogP contribution in [0.4, 0.5) is 0 Å². The number of benzene rings is 1. The van der Waals surface area contributed by atoms with Gasteiger partial charge in [0.1, 0.15) is 5.75 Å². The van der Waals surface area contributed by atoms with E-state index in [1.54, 1.807) is 12.1 Å². The molecular weight excluding hydrogens is 226 g/mol. The summed E-state index contributed by atoms with van der Waals surface area (Å²) in [5, 5.41) is 4.96. The number of halogens is 1. The standard InChI is InChI=1S/C8H8ClNO3S/c9-7-4-2-1-3-6(7)8(11)5-14(10,12)13/h1-4H,5H2,(H2,10,12,13). The molecule has 0 amide bonds. The van der Waals surface area contributed by atoms with E-state index in [4.69, 9.17) is 16.7 Å². The molecule has 1 rings (SSSR count). The predicted octanol–water partition coefficient (Wildman–Crippen LogP) is 0.811. The molecule has 0 heterocycles. The third kappa shape index (κ3) is 3.10. The Kier molecular flexibility index (Phi) is 3.25. The number of Topliss-reactive ketones (excluding diaryl/α,β-unsaturated/α-hetero) is 1. The van der Waals surface area contributed by atoms with Crippen LogP contribution < -0.4 is 5.14 Å². The lowest BCUT2D eigenvalue weighted by molar-refractivity contribution is 0.102. The van der Waals surface area contributed by atoms with Crippen LogP contribution in [-0.2, 0) is 10.0 Å². The second kappa shape index (κ2) is 4.08. The molecule has 0 aliphatic carbocycles. The Morgan fingerprint density at radius 3 is 2.43 bits per heavy atom. The van der Waals surface area contributed by atoms with Gasteiger partial charge < -0.3 is 0 Å². The van der Waals surface area contributed by atoms with E-state index >= 15 is 0 Å². The number of hydrogen-bond donors (Lipinski definition) is 1. The van der Waals surface area contributed by atoms with Crippen LogP contribution >= 0.6 is 11.6 Å². The van der Waals surface area contributed by atoms with Crippen molar-refractivity contribution in [3.05, 3.63) is 34.9 Å². The number of primary sulfonamides is 1. The quantitative estimate of drug-likeness (QED) is 0.785. The van der Waals surface area contributed by atoms with E-state index in [2.05, 4.69) is 0 Å². The van der Waals surface area contributed by atoms with Crippen LogP contribution in [0.2, 0.25) is 5.02 Å². The fourth-order valence-corrected chi connectivity index (χ4v) is 1.71. The summed E-state index contributed by atoms with van der Waals surface area (Å²) in [6.07, 6.45) is 0. The van der Waals surface area contributed by atoms with Crippen molar-refractivity contribution >= 4 is 27.4 Å². The van der Waals surface area contributed by atoms with Crippen LogP contribution in [-0.4, -0.2) is 20.0 Å². The highest BCUT2D eigenvalue weighted by Gasteiger charge is 2.15. The van der Waals surface area contributed by atoms with E-state index in [0.29, 0.717) is 0 Å². The average Bonchev–Trinajstić information content (AvgIpc) is 2.01. The number of carbonyl (C=O) groups is 1. The highest BCUT2D eigenvalue weighted by atomic mass is 35.5. The summed E-state index contributed by atoms with van der Waals surface area (Å²) in [5.41, 5.74) is 0.170. The highest BCUT2D eigenvalue weighted by molar-refractivity contribution is 7.89. The van der Waals surface area contributed by atoms with Crippen molar-refractivity contribution < 1.29 is 13.2 Å². The first kappa shape index (κ1) is 11.2. The molecular formula is C8H8ClNO3S. The average molecular weight is 234 g/mol. The lowest BCUT2D eigenvalue weighted by Crippen LogP contribution is -2.23. The number of rotatable bonds is 3. The topological polar surface area (TPSA) is 77.2 Å². The van der Waals surface area contributed by atoms with Crippen molar-refractivity contribution in [3.8, 4) is 0 Å². The molecule has 0 fully saturated rings. The summed E-state index contributed by atoms with van der Waals surface area (Å²) in [4.78, 5) is 11.3. The summed E-state index contributed by atoms with van der Waals surface area (Å²) < 4.78 is 21.3. The molecule has 0 aromatic heterocycles. The van der Waals surface area contributed by atoms with E-state index in [1.165, 1.54) is 12.1 Å². The minimum absolute atomic E-state index is 0.170. The van der Waals surface area contributed by atoms with Crippen LogP contribution in [0.3, 0.4) is 0 Å². The van der Waals surface area contributed by atoms with Gasteiger partial charge in [-0.15, -0.1) is 0 Å². The summed E-state index contributed by atoms with van der Waals surface area (Å²) in [5.74, 6) is -1.32. The molecule has 0 saturated heterocycles. The van der Waals surface area contributed by atoms with E-state index in [1.807, 2.05) is 0 Å². The van der Waals surface area contributed by atoms with Crippen LogP contribution in [0, 0.1) is 0 Å². The monoisotopic (exact) mass is 233 g/mol. The lowest BCUT2D eigenvalue weighted by atomic mass is 10.1. The first-order valence-electron chi connectivity index (χ1n) is 3.68.